The van der Waals surface area contributed by atoms with Crippen molar-refractivity contribution in [3.05, 3.63) is 0 Å². The summed E-state index contributed by atoms with van der Waals surface area (Å²) >= 11 is 0. The lowest BCUT2D eigenvalue weighted by atomic mass is 10.2. The molecule has 12 heavy (non-hydrogen) atoms. The first-order valence-electron chi connectivity index (χ1n) is 3.80. The van der Waals surface area contributed by atoms with E-state index in [0.29, 0.717) is 13.1 Å². The lowest BCUT2D eigenvalue weighted by Crippen LogP contribution is -2.35. The van der Waals surface area contributed by atoms with Gasteiger partial charge in [0.1, 0.15) is 0 Å². The second kappa shape index (κ2) is 4.67. The van der Waals surface area contributed by atoms with Crippen LogP contribution in [0.2, 0.25) is 0 Å². The van der Waals surface area contributed by atoms with Crippen LogP contribution in [0.4, 0.5) is 13.2 Å². The predicted octanol–water partition coefficient (Wildman–Crippen LogP) is 1.08. The molecule has 0 aromatic heterocycles. The number of hydrogen-bond donors (Lipinski definition) is 1. The summed E-state index contributed by atoms with van der Waals surface area (Å²) in [6, 6.07) is 0. The molecule has 74 valence electrons. The van der Waals surface area contributed by atoms with Crippen molar-refractivity contribution in [3.63, 3.8) is 0 Å². The highest BCUT2D eigenvalue weighted by molar-refractivity contribution is 4.63. The molecule has 0 saturated carbocycles. The topological polar surface area (TPSA) is 29.3 Å². The summed E-state index contributed by atoms with van der Waals surface area (Å²) in [6.45, 7) is 1.77. The molecule has 0 bridgehead atoms. The molecule has 0 spiro atoms. The van der Waals surface area contributed by atoms with Crippen LogP contribution in [0, 0.1) is 5.92 Å². The quantitative estimate of drug-likeness (QED) is 0.708. The zero-order chi connectivity index (χ0) is 9.78. The molecule has 0 heterocycles. The molecule has 0 saturated heterocycles. The lowest BCUT2D eigenvalue weighted by molar-refractivity contribution is -0.143. The van der Waals surface area contributed by atoms with E-state index in [1.807, 2.05) is 6.92 Å². The molecule has 0 aliphatic heterocycles. The van der Waals surface area contributed by atoms with E-state index in [-0.39, 0.29) is 5.92 Å². The van der Waals surface area contributed by atoms with E-state index < -0.39 is 12.7 Å². The predicted molar refractivity (Wildman–Crippen MR) is 41.8 cm³/mol. The Balaban J connectivity index is 3.66. The van der Waals surface area contributed by atoms with Crippen LogP contribution in [0.15, 0.2) is 0 Å². The average Bonchev–Trinajstić information content (AvgIpc) is 1.82. The minimum atomic E-state index is -4.11. The van der Waals surface area contributed by atoms with Crippen LogP contribution in [0.25, 0.3) is 0 Å². The Bertz CT molecular complexity index is 124. The van der Waals surface area contributed by atoms with Gasteiger partial charge >= 0.3 is 6.18 Å². The summed E-state index contributed by atoms with van der Waals surface area (Å²) in [7, 11) is 1.44. The van der Waals surface area contributed by atoms with E-state index in [9.17, 15) is 13.2 Å². The first-order chi connectivity index (χ1) is 5.35. The van der Waals surface area contributed by atoms with Crippen molar-refractivity contribution in [2.24, 2.45) is 11.7 Å². The van der Waals surface area contributed by atoms with Gasteiger partial charge in [0.25, 0.3) is 0 Å². The second-order valence-electron chi connectivity index (χ2n) is 3.15. The van der Waals surface area contributed by atoms with Crippen LogP contribution < -0.4 is 5.73 Å². The van der Waals surface area contributed by atoms with Crippen molar-refractivity contribution >= 4 is 0 Å². The third-order valence-electron chi connectivity index (χ3n) is 1.47. The molecular weight excluding hydrogens is 169 g/mol. The fraction of sp³-hybridized carbons (Fsp3) is 1.00. The molecule has 0 amide bonds. The van der Waals surface area contributed by atoms with Crippen LogP contribution in [0.5, 0.6) is 0 Å². The Kier molecular flexibility index (Phi) is 4.55. The van der Waals surface area contributed by atoms with Crippen LogP contribution in [0.3, 0.4) is 0 Å². The molecule has 0 aliphatic rings. The Hall–Kier alpha value is -0.290. The third kappa shape index (κ3) is 6.42. The monoisotopic (exact) mass is 184 g/mol. The highest BCUT2D eigenvalue weighted by Gasteiger charge is 2.29. The summed E-state index contributed by atoms with van der Waals surface area (Å²) in [5.74, 6) is 0.109. The number of nitrogens with zero attached hydrogens (tertiary/aromatic N) is 1. The normalized spacial score (nSPS) is 15.2. The largest absolute Gasteiger partial charge is 0.401 e. The van der Waals surface area contributed by atoms with Gasteiger partial charge in [-0.1, -0.05) is 6.92 Å². The fourth-order valence-electron chi connectivity index (χ4n) is 0.977. The van der Waals surface area contributed by atoms with Gasteiger partial charge in [-0.2, -0.15) is 13.2 Å². The zero-order valence-corrected chi connectivity index (χ0v) is 7.36. The van der Waals surface area contributed by atoms with Crippen LogP contribution in [-0.4, -0.2) is 37.8 Å². The molecule has 0 aromatic rings. The molecule has 1 unspecified atom stereocenters. The standard InChI is InChI=1S/C7H15F3N2/c1-6(3-11)4-12(2)5-7(8,9)10/h6H,3-5,11H2,1-2H3. The van der Waals surface area contributed by atoms with Gasteiger partial charge in [0.05, 0.1) is 6.54 Å². The highest BCUT2D eigenvalue weighted by Crippen LogP contribution is 2.15. The van der Waals surface area contributed by atoms with Gasteiger partial charge in [-0.25, -0.2) is 0 Å². The SMILES string of the molecule is CC(CN)CN(C)CC(F)(F)F. The summed E-state index contributed by atoms with van der Waals surface area (Å²) in [6.07, 6.45) is -4.11. The number of alkyl halides is 3. The van der Waals surface area contributed by atoms with Crippen LogP contribution >= 0.6 is 0 Å². The summed E-state index contributed by atoms with van der Waals surface area (Å²) in [4.78, 5) is 1.23. The number of halogens is 3. The molecule has 2 N–H and O–H groups in total. The summed E-state index contributed by atoms with van der Waals surface area (Å²) in [5.41, 5.74) is 5.28. The van der Waals surface area contributed by atoms with Gasteiger partial charge in [-0.15, -0.1) is 0 Å². The smallest absolute Gasteiger partial charge is 0.330 e. The number of hydrogen-bond acceptors (Lipinski definition) is 2. The van der Waals surface area contributed by atoms with E-state index in [4.69, 9.17) is 5.73 Å². The van der Waals surface area contributed by atoms with E-state index in [2.05, 4.69) is 0 Å². The lowest BCUT2D eigenvalue weighted by Gasteiger charge is -2.21. The molecule has 0 aromatic carbocycles. The molecule has 0 fully saturated rings. The van der Waals surface area contributed by atoms with Crippen molar-refractivity contribution in [2.75, 3.05) is 26.7 Å². The molecule has 0 radical (unpaired) electrons. The van der Waals surface area contributed by atoms with Gasteiger partial charge in [-0.3, -0.25) is 4.90 Å². The van der Waals surface area contributed by atoms with E-state index >= 15 is 0 Å². The van der Waals surface area contributed by atoms with Crippen molar-refractivity contribution in [1.29, 1.82) is 0 Å². The van der Waals surface area contributed by atoms with Gasteiger partial charge in [0.2, 0.25) is 0 Å². The van der Waals surface area contributed by atoms with Crippen molar-refractivity contribution < 1.29 is 13.2 Å². The second-order valence-corrected chi connectivity index (χ2v) is 3.15. The minimum Gasteiger partial charge on any atom is -0.330 e. The van der Waals surface area contributed by atoms with Crippen molar-refractivity contribution in [2.45, 2.75) is 13.1 Å². The van der Waals surface area contributed by atoms with Crippen LogP contribution in [-0.2, 0) is 0 Å². The van der Waals surface area contributed by atoms with Crippen molar-refractivity contribution in [3.8, 4) is 0 Å². The van der Waals surface area contributed by atoms with E-state index in [1.165, 1.54) is 11.9 Å². The summed E-state index contributed by atoms with van der Waals surface area (Å²) < 4.78 is 35.4. The third-order valence-corrected chi connectivity index (χ3v) is 1.47. The van der Waals surface area contributed by atoms with E-state index in [0.717, 1.165) is 0 Å². The molecule has 2 nitrogen and oxygen atoms in total. The van der Waals surface area contributed by atoms with Crippen molar-refractivity contribution in [1.82, 2.24) is 4.90 Å². The molecule has 0 aliphatic carbocycles. The van der Waals surface area contributed by atoms with Crippen LogP contribution in [0.1, 0.15) is 6.92 Å². The summed E-state index contributed by atoms with van der Waals surface area (Å²) in [5, 5.41) is 0. The Morgan fingerprint density at radius 1 is 1.42 bits per heavy atom. The highest BCUT2D eigenvalue weighted by atomic mass is 19.4. The maximum absolute atomic E-state index is 11.8. The minimum absolute atomic E-state index is 0.109. The van der Waals surface area contributed by atoms with Gasteiger partial charge in [0, 0.05) is 6.54 Å². The maximum atomic E-state index is 11.8. The van der Waals surface area contributed by atoms with Gasteiger partial charge < -0.3 is 5.73 Å². The Morgan fingerprint density at radius 3 is 2.25 bits per heavy atom. The fourth-order valence-corrected chi connectivity index (χ4v) is 0.977. The van der Waals surface area contributed by atoms with Gasteiger partial charge in [-0.05, 0) is 19.5 Å². The maximum Gasteiger partial charge on any atom is 0.401 e. The van der Waals surface area contributed by atoms with Gasteiger partial charge in [0.15, 0.2) is 0 Å². The Morgan fingerprint density at radius 2 is 1.92 bits per heavy atom. The molecule has 1 atom stereocenters. The Labute approximate surface area is 70.5 Å². The number of rotatable bonds is 4. The van der Waals surface area contributed by atoms with E-state index in [1.54, 1.807) is 0 Å². The zero-order valence-electron chi connectivity index (χ0n) is 7.36. The average molecular weight is 184 g/mol. The molecule has 0 rings (SSSR count). The molecule has 5 heteroatoms. The number of nitrogens with two attached hydrogens (primary N) is 1. The molecular formula is C7H15F3N2. The first-order valence-corrected chi connectivity index (χ1v) is 3.80. The first kappa shape index (κ1) is 11.7.